The normalized spacial score (nSPS) is 17.9. The number of nitrogens with one attached hydrogen (secondary N) is 1. The van der Waals surface area contributed by atoms with E-state index in [1.807, 2.05) is 17.8 Å². The molecule has 1 aromatic carbocycles. The van der Waals surface area contributed by atoms with Crippen LogP contribution >= 0.6 is 0 Å². The van der Waals surface area contributed by atoms with E-state index in [2.05, 4.69) is 22.1 Å². The molecule has 0 radical (unpaired) electrons. The molecule has 3 rings (SSSR count). The molecule has 0 amide bonds. The Hall–Kier alpha value is -1.95. The van der Waals surface area contributed by atoms with Crippen LogP contribution < -0.4 is 10.1 Å². The summed E-state index contributed by atoms with van der Waals surface area (Å²) in [5, 5.41) is 7.93. The lowest BCUT2D eigenvalue weighted by molar-refractivity contribution is -0.0498. The highest BCUT2D eigenvalue weighted by Crippen LogP contribution is 2.33. The van der Waals surface area contributed by atoms with E-state index in [4.69, 9.17) is 0 Å². The van der Waals surface area contributed by atoms with Gasteiger partial charge < -0.3 is 10.1 Å². The predicted molar refractivity (Wildman–Crippen MR) is 75.4 cm³/mol. The molecule has 0 unspecified atom stereocenters. The molecule has 1 atom stereocenters. The maximum absolute atomic E-state index is 12.4. The number of aryl methyl sites for hydroxylation is 1. The highest BCUT2D eigenvalue weighted by molar-refractivity contribution is 5.67. The van der Waals surface area contributed by atoms with Gasteiger partial charge in [0.1, 0.15) is 5.75 Å². The van der Waals surface area contributed by atoms with Crippen LogP contribution in [-0.4, -0.2) is 22.9 Å². The molecule has 112 valence electrons. The first-order chi connectivity index (χ1) is 10.1. The summed E-state index contributed by atoms with van der Waals surface area (Å²) in [6.07, 6.45) is 0.878. The molecule has 1 aliphatic rings. The zero-order valence-electron chi connectivity index (χ0n) is 11.9. The quantitative estimate of drug-likeness (QED) is 0.945. The van der Waals surface area contributed by atoms with Crippen molar-refractivity contribution in [3.63, 3.8) is 0 Å². The Labute approximate surface area is 121 Å². The summed E-state index contributed by atoms with van der Waals surface area (Å²) >= 11 is 0. The van der Waals surface area contributed by atoms with Crippen molar-refractivity contribution in [3.8, 4) is 17.0 Å². The predicted octanol–water partition coefficient (Wildman–Crippen LogP) is 2.90. The second-order valence-corrected chi connectivity index (χ2v) is 5.17. The van der Waals surface area contributed by atoms with Crippen LogP contribution in [0.1, 0.15) is 24.2 Å². The Balaban J connectivity index is 2.05. The molecule has 2 heterocycles. The summed E-state index contributed by atoms with van der Waals surface area (Å²) in [5.74, 6) is 0.166. The van der Waals surface area contributed by atoms with Crippen molar-refractivity contribution >= 4 is 0 Å². The molecule has 0 aliphatic carbocycles. The van der Waals surface area contributed by atoms with E-state index in [0.717, 1.165) is 29.9 Å². The topological polar surface area (TPSA) is 39.1 Å². The fraction of sp³-hybridized carbons (Fsp3) is 0.400. The number of alkyl halides is 2. The number of hydrogen-bond acceptors (Lipinski definition) is 3. The molecule has 1 aliphatic heterocycles. The van der Waals surface area contributed by atoms with Crippen molar-refractivity contribution in [2.24, 2.45) is 7.05 Å². The highest BCUT2D eigenvalue weighted by atomic mass is 19.3. The number of halogens is 2. The van der Waals surface area contributed by atoms with Crippen LogP contribution in [0.25, 0.3) is 11.3 Å². The van der Waals surface area contributed by atoms with Crippen molar-refractivity contribution in [1.82, 2.24) is 15.1 Å². The summed E-state index contributed by atoms with van der Waals surface area (Å²) in [4.78, 5) is 0. The third-order valence-corrected chi connectivity index (χ3v) is 3.74. The van der Waals surface area contributed by atoms with Gasteiger partial charge in [0.15, 0.2) is 0 Å². The van der Waals surface area contributed by atoms with Crippen LogP contribution in [0.4, 0.5) is 8.78 Å². The average molecular weight is 293 g/mol. The Morgan fingerprint density at radius 2 is 2.24 bits per heavy atom. The van der Waals surface area contributed by atoms with Crippen LogP contribution in [0.5, 0.6) is 5.75 Å². The first-order valence-corrected chi connectivity index (χ1v) is 6.90. The molecule has 1 N–H and O–H groups in total. The standard InChI is InChI=1S/C15H17F2N3O/c1-9-13-12(6-7-18-9)14(20(2)19-13)10-4-3-5-11(8-10)21-15(16)17/h3-5,8-9,15,18H,6-7H2,1-2H3/t9-/m0/s1. The molecular formula is C15H17F2N3O. The number of benzene rings is 1. The summed E-state index contributed by atoms with van der Waals surface area (Å²) in [6.45, 7) is 0.149. The van der Waals surface area contributed by atoms with E-state index >= 15 is 0 Å². The Kier molecular flexibility index (Phi) is 3.63. The Morgan fingerprint density at radius 1 is 1.43 bits per heavy atom. The SMILES string of the molecule is C[C@@H]1NCCc2c1nn(C)c2-c1cccc(OC(F)F)c1. The lowest BCUT2D eigenvalue weighted by atomic mass is 9.97. The highest BCUT2D eigenvalue weighted by Gasteiger charge is 2.24. The van der Waals surface area contributed by atoms with Gasteiger partial charge in [-0.25, -0.2) is 0 Å². The minimum atomic E-state index is -2.81. The van der Waals surface area contributed by atoms with Crippen molar-refractivity contribution in [1.29, 1.82) is 0 Å². The molecule has 0 saturated carbocycles. The first-order valence-electron chi connectivity index (χ1n) is 6.90. The van der Waals surface area contributed by atoms with Gasteiger partial charge in [0, 0.05) is 24.2 Å². The zero-order chi connectivity index (χ0) is 15.0. The number of rotatable bonds is 3. The van der Waals surface area contributed by atoms with Gasteiger partial charge in [0.25, 0.3) is 0 Å². The summed E-state index contributed by atoms with van der Waals surface area (Å²) in [5.41, 5.74) is 4.02. The van der Waals surface area contributed by atoms with Gasteiger partial charge in [-0.05, 0) is 32.0 Å². The lowest BCUT2D eigenvalue weighted by Crippen LogP contribution is -2.27. The smallest absolute Gasteiger partial charge is 0.387 e. The van der Waals surface area contributed by atoms with E-state index < -0.39 is 6.61 Å². The molecule has 0 spiro atoms. The molecule has 21 heavy (non-hydrogen) atoms. The fourth-order valence-electron chi connectivity index (χ4n) is 2.87. The van der Waals surface area contributed by atoms with E-state index in [-0.39, 0.29) is 11.8 Å². The summed E-state index contributed by atoms with van der Waals surface area (Å²) in [7, 11) is 1.88. The van der Waals surface area contributed by atoms with E-state index in [1.54, 1.807) is 12.1 Å². The minimum Gasteiger partial charge on any atom is -0.435 e. The lowest BCUT2D eigenvalue weighted by Gasteiger charge is -2.19. The molecule has 0 bridgehead atoms. The van der Waals surface area contributed by atoms with E-state index in [0.29, 0.717) is 0 Å². The van der Waals surface area contributed by atoms with Gasteiger partial charge in [-0.3, -0.25) is 4.68 Å². The second-order valence-electron chi connectivity index (χ2n) is 5.17. The largest absolute Gasteiger partial charge is 0.435 e. The molecule has 0 fully saturated rings. The number of fused-ring (bicyclic) bond motifs is 1. The fourth-order valence-corrected chi connectivity index (χ4v) is 2.87. The van der Waals surface area contributed by atoms with Crippen molar-refractivity contribution in [2.75, 3.05) is 6.54 Å². The third-order valence-electron chi connectivity index (χ3n) is 3.74. The van der Waals surface area contributed by atoms with Crippen LogP contribution in [0, 0.1) is 0 Å². The maximum atomic E-state index is 12.4. The van der Waals surface area contributed by atoms with Gasteiger partial charge in [0.05, 0.1) is 11.4 Å². The molecule has 1 aromatic heterocycles. The molecule has 2 aromatic rings. The average Bonchev–Trinajstić information content (AvgIpc) is 2.76. The van der Waals surface area contributed by atoms with Crippen LogP contribution in [0.3, 0.4) is 0 Å². The molecular weight excluding hydrogens is 276 g/mol. The number of hydrogen-bond donors (Lipinski definition) is 1. The van der Waals surface area contributed by atoms with E-state index in [9.17, 15) is 8.78 Å². The van der Waals surface area contributed by atoms with Gasteiger partial charge in [-0.15, -0.1) is 0 Å². The van der Waals surface area contributed by atoms with E-state index in [1.165, 1.54) is 11.6 Å². The summed E-state index contributed by atoms with van der Waals surface area (Å²) in [6, 6.07) is 6.98. The van der Waals surface area contributed by atoms with Gasteiger partial charge in [-0.1, -0.05) is 12.1 Å². The monoisotopic (exact) mass is 293 g/mol. The third kappa shape index (κ3) is 2.63. The molecule has 0 saturated heterocycles. The van der Waals surface area contributed by atoms with Crippen molar-refractivity contribution in [2.45, 2.75) is 26.0 Å². The minimum absolute atomic E-state index is 0.166. The number of ether oxygens (including phenoxy) is 1. The second kappa shape index (κ2) is 5.44. The van der Waals surface area contributed by atoms with Gasteiger partial charge in [0.2, 0.25) is 0 Å². The maximum Gasteiger partial charge on any atom is 0.387 e. The zero-order valence-corrected chi connectivity index (χ0v) is 11.9. The number of nitrogens with zero attached hydrogens (tertiary/aromatic N) is 2. The molecule has 4 nitrogen and oxygen atoms in total. The summed E-state index contributed by atoms with van der Waals surface area (Å²) < 4.78 is 31.0. The molecule has 6 heteroatoms. The van der Waals surface area contributed by atoms with Gasteiger partial charge in [-0.2, -0.15) is 13.9 Å². The number of aromatic nitrogens is 2. The van der Waals surface area contributed by atoms with Crippen LogP contribution in [0.2, 0.25) is 0 Å². The van der Waals surface area contributed by atoms with Crippen molar-refractivity contribution < 1.29 is 13.5 Å². The van der Waals surface area contributed by atoms with Gasteiger partial charge >= 0.3 is 6.61 Å². The first kappa shape index (κ1) is 14.0. The van der Waals surface area contributed by atoms with Crippen LogP contribution in [0.15, 0.2) is 24.3 Å². The Morgan fingerprint density at radius 3 is 3.00 bits per heavy atom. The van der Waals surface area contributed by atoms with Crippen LogP contribution in [-0.2, 0) is 13.5 Å². The van der Waals surface area contributed by atoms with Crippen molar-refractivity contribution in [3.05, 3.63) is 35.5 Å². The Bertz CT molecular complexity index is 654.